The molecule has 2 aromatic rings. The van der Waals surface area contributed by atoms with Crippen molar-refractivity contribution in [1.29, 1.82) is 0 Å². The summed E-state index contributed by atoms with van der Waals surface area (Å²) in [5.41, 5.74) is 1.38. The summed E-state index contributed by atoms with van der Waals surface area (Å²) in [6.07, 6.45) is 9.58. The van der Waals surface area contributed by atoms with Crippen LogP contribution in [0, 0.1) is 5.41 Å². The van der Waals surface area contributed by atoms with Crippen molar-refractivity contribution < 1.29 is 14.7 Å². The lowest BCUT2D eigenvalue weighted by Gasteiger charge is -2.35. The normalized spacial score (nSPS) is 24.4. The number of β-amino-alcohol motifs (C(OH)–C–C–N with tert-alkyl or cyclic N) is 1. The van der Waals surface area contributed by atoms with Gasteiger partial charge in [0.05, 0.1) is 29.9 Å². The maximum Gasteiger partial charge on any atom is 0.248 e. The van der Waals surface area contributed by atoms with Gasteiger partial charge in [-0.25, -0.2) is 9.67 Å². The summed E-state index contributed by atoms with van der Waals surface area (Å²) < 4.78 is 3.57. The lowest BCUT2D eigenvalue weighted by molar-refractivity contribution is -0.144. The van der Waals surface area contributed by atoms with Crippen molar-refractivity contribution in [3.8, 4) is 0 Å². The molecule has 0 radical (unpaired) electrons. The molecule has 11 heteroatoms. The van der Waals surface area contributed by atoms with E-state index in [2.05, 4.69) is 25.5 Å². The number of hydrogen-bond donors (Lipinski definition) is 2. The lowest BCUT2D eigenvalue weighted by Crippen LogP contribution is -2.51. The van der Waals surface area contributed by atoms with E-state index in [1.807, 2.05) is 44.8 Å². The first-order chi connectivity index (χ1) is 17.6. The Morgan fingerprint density at radius 2 is 1.92 bits per heavy atom. The fraction of sp³-hybridized carbons (Fsp3) is 0.731. The molecule has 202 valence electrons. The van der Waals surface area contributed by atoms with Crippen LogP contribution in [0.4, 0.5) is 0 Å². The Morgan fingerprint density at radius 3 is 2.54 bits per heavy atom. The van der Waals surface area contributed by atoms with E-state index in [0.29, 0.717) is 12.5 Å². The molecule has 3 unspecified atom stereocenters. The number of nitrogens with zero attached hydrogens (tertiary/aromatic N) is 7. The average Bonchev–Trinajstić information content (AvgIpc) is 3.26. The zero-order valence-corrected chi connectivity index (χ0v) is 22.4. The highest BCUT2D eigenvalue weighted by Gasteiger charge is 2.45. The SMILES string of the molecule is Cn1cnc(C(CNC(=O)C2CC(O)CN2C(=O)[C@@H](n2cc(C3CC3)nn2)C(C)(C)C)N2CCCC2)c1. The van der Waals surface area contributed by atoms with Gasteiger partial charge in [0, 0.05) is 44.9 Å². The number of aliphatic hydroxyl groups is 1. The molecule has 0 aromatic carbocycles. The number of aliphatic hydroxyl groups excluding tert-OH is 1. The van der Waals surface area contributed by atoms with Crippen molar-refractivity contribution in [2.75, 3.05) is 26.2 Å². The molecule has 2 saturated heterocycles. The van der Waals surface area contributed by atoms with Gasteiger partial charge < -0.3 is 19.9 Å². The van der Waals surface area contributed by atoms with Gasteiger partial charge in [0.15, 0.2) is 0 Å². The highest BCUT2D eigenvalue weighted by Crippen LogP contribution is 2.40. The van der Waals surface area contributed by atoms with Crippen LogP contribution in [-0.2, 0) is 16.6 Å². The third-order valence-electron chi connectivity index (χ3n) is 7.82. The minimum Gasteiger partial charge on any atom is -0.391 e. The Labute approximate surface area is 218 Å². The molecule has 4 heterocycles. The van der Waals surface area contributed by atoms with Crippen LogP contribution in [0.25, 0.3) is 0 Å². The molecule has 1 aliphatic carbocycles. The summed E-state index contributed by atoms with van der Waals surface area (Å²) in [5, 5.41) is 22.2. The topological polar surface area (TPSA) is 121 Å². The van der Waals surface area contributed by atoms with Gasteiger partial charge >= 0.3 is 0 Å². The molecule has 1 saturated carbocycles. The monoisotopic (exact) mass is 512 g/mol. The fourth-order valence-corrected chi connectivity index (χ4v) is 5.72. The summed E-state index contributed by atoms with van der Waals surface area (Å²) in [5.74, 6) is -0.0218. The first-order valence-corrected chi connectivity index (χ1v) is 13.5. The van der Waals surface area contributed by atoms with Crippen molar-refractivity contribution in [3.63, 3.8) is 0 Å². The molecule has 0 spiro atoms. The summed E-state index contributed by atoms with van der Waals surface area (Å²) in [7, 11) is 1.94. The van der Waals surface area contributed by atoms with E-state index >= 15 is 0 Å². The number of aryl methyl sites for hydroxylation is 1. The number of imidazole rings is 1. The molecular formula is C26H40N8O3. The van der Waals surface area contributed by atoms with Gasteiger partial charge in [-0.15, -0.1) is 5.10 Å². The highest BCUT2D eigenvalue weighted by atomic mass is 16.3. The number of carbonyl (C=O) groups excluding carboxylic acids is 2. The van der Waals surface area contributed by atoms with E-state index in [0.717, 1.165) is 50.2 Å². The van der Waals surface area contributed by atoms with Crippen LogP contribution in [0.2, 0.25) is 0 Å². The summed E-state index contributed by atoms with van der Waals surface area (Å²) in [6.45, 7) is 8.44. The van der Waals surface area contributed by atoms with Crippen molar-refractivity contribution in [2.45, 2.75) is 83.0 Å². The second-order valence-electron chi connectivity index (χ2n) is 12.0. The van der Waals surface area contributed by atoms with Gasteiger partial charge in [-0.05, 0) is 44.2 Å². The highest BCUT2D eigenvalue weighted by molar-refractivity contribution is 5.90. The minimum absolute atomic E-state index is 0.0264. The summed E-state index contributed by atoms with van der Waals surface area (Å²) >= 11 is 0. The van der Waals surface area contributed by atoms with E-state index in [4.69, 9.17) is 0 Å². The molecule has 2 amide bonds. The first-order valence-electron chi connectivity index (χ1n) is 13.5. The van der Waals surface area contributed by atoms with Crippen molar-refractivity contribution in [1.82, 2.24) is 39.7 Å². The number of rotatable bonds is 8. The molecule has 3 fully saturated rings. The van der Waals surface area contributed by atoms with Gasteiger partial charge in [-0.2, -0.15) is 0 Å². The molecule has 0 bridgehead atoms. The van der Waals surface area contributed by atoms with Crippen LogP contribution in [0.1, 0.15) is 82.3 Å². The van der Waals surface area contributed by atoms with Gasteiger partial charge in [-0.3, -0.25) is 14.5 Å². The standard InChI is InChI=1S/C26H40N8O3/c1-26(2,3)23(34-15-19(29-30-34)17-7-8-17)25(37)33-13-18(35)11-21(33)24(36)27-12-22(32-9-5-6-10-32)20-14-31(4)16-28-20/h14-18,21-23,35H,5-13H2,1-4H3,(H,27,36)/t18?,21?,22?,23-/m1/s1. The number of likely N-dealkylation sites (tertiary alicyclic amines) is 2. The number of nitrogens with one attached hydrogen (secondary N) is 1. The maximum atomic E-state index is 13.9. The van der Waals surface area contributed by atoms with Crippen molar-refractivity contribution in [3.05, 3.63) is 30.1 Å². The average molecular weight is 513 g/mol. The zero-order chi connectivity index (χ0) is 26.3. The van der Waals surface area contributed by atoms with E-state index in [9.17, 15) is 14.7 Å². The van der Waals surface area contributed by atoms with E-state index < -0.39 is 23.6 Å². The van der Waals surface area contributed by atoms with E-state index in [-0.39, 0.29) is 30.8 Å². The Hall–Kier alpha value is -2.79. The number of carbonyl (C=O) groups is 2. The number of amides is 2. The Balaban J connectivity index is 1.31. The quantitative estimate of drug-likeness (QED) is 0.548. The van der Waals surface area contributed by atoms with Crippen LogP contribution < -0.4 is 5.32 Å². The minimum atomic E-state index is -0.747. The second-order valence-corrected chi connectivity index (χ2v) is 12.0. The third kappa shape index (κ3) is 5.57. The molecule has 2 aliphatic heterocycles. The second kappa shape index (κ2) is 10.2. The number of hydrogen-bond acceptors (Lipinski definition) is 7. The van der Waals surface area contributed by atoms with Crippen LogP contribution in [0.3, 0.4) is 0 Å². The Kier molecular flexibility index (Phi) is 7.10. The maximum absolute atomic E-state index is 13.9. The zero-order valence-electron chi connectivity index (χ0n) is 22.4. The predicted octanol–water partition coefficient (Wildman–Crippen LogP) is 1.39. The molecule has 2 aromatic heterocycles. The smallest absolute Gasteiger partial charge is 0.248 e. The summed E-state index contributed by atoms with van der Waals surface area (Å²) in [4.78, 5) is 35.9. The Bertz CT molecular complexity index is 1110. The molecule has 3 aliphatic rings. The fourth-order valence-electron chi connectivity index (χ4n) is 5.72. The molecule has 37 heavy (non-hydrogen) atoms. The molecular weight excluding hydrogens is 472 g/mol. The first kappa shape index (κ1) is 25.8. The van der Waals surface area contributed by atoms with Gasteiger partial charge in [-0.1, -0.05) is 26.0 Å². The Morgan fingerprint density at radius 1 is 1.19 bits per heavy atom. The molecule has 11 nitrogen and oxygen atoms in total. The molecule has 5 rings (SSSR count). The van der Waals surface area contributed by atoms with Crippen LogP contribution in [0.15, 0.2) is 18.7 Å². The van der Waals surface area contributed by atoms with Crippen molar-refractivity contribution in [2.24, 2.45) is 12.5 Å². The van der Waals surface area contributed by atoms with E-state index in [1.54, 1.807) is 15.9 Å². The van der Waals surface area contributed by atoms with Crippen LogP contribution in [-0.4, -0.2) is 89.6 Å². The van der Waals surface area contributed by atoms with Crippen LogP contribution in [0.5, 0.6) is 0 Å². The number of aromatic nitrogens is 5. The van der Waals surface area contributed by atoms with E-state index in [1.165, 1.54) is 0 Å². The largest absolute Gasteiger partial charge is 0.391 e. The molecule has 2 N–H and O–H groups in total. The molecule has 4 atom stereocenters. The van der Waals surface area contributed by atoms with Crippen molar-refractivity contribution >= 4 is 11.8 Å². The third-order valence-corrected chi connectivity index (χ3v) is 7.82. The van der Waals surface area contributed by atoms with Gasteiger partial charge in [0.1, 0.15) is 12.1 Å². The summed E-state index contributed by atoms with van der Waals surface area (Å²) in [6, 6.07) is -1.39. The predicted molar refractivity (Wildman–Crippen MR) is 136 cm³/mol. The van der Waals surface area contributed by atoms with Gasteiger partial charge in [0.25, 0.3) is 0 Å². The lowest BCUT2D eigenvalue weighted by atomic mass is 9.85. The van der Waals surface area contributed by atoms with Gasteiger partial charge in [0.2, 0.25) is 11.8 Å². The van der Waals surface area contributed by atoms with Crippen LogP contribution >= 0.6 is 0 Å².